The van der Waals surface area contributed by atoms with Crippen LogP contribution >= 0.6 is 0 Å². The lowest BCUT2D eigenvalue weighted by Gasteiger charge is -2.15. The Kier molecular flexibility index (Phi) is 5.20. The van der Waals surface area contributed by atoms with Crippen molar-refractivity contribution in [2.45, 2.75) is 32.5 Å². The Labute approximate surface area is 109 Å². The van der Waals surface area contributed by atoms with Gasteiger partial charge < -0.3 is 9.47 Å². The number of carbonyl (C=O) groups excluding carboxylic acids is 1. The highest BCUT2D eigenvalue weighted by Crippen LogP contribution is 2.28. The summed E-state index contributed by atoms with van der Waals surface area (Å²) in [5.74, 6) is -1.38. The number of hydrogen-bond donors (Lipinski definition) is 0. The van der Waals surface area contributed by atoms with Crippen molar-refractivity contribution in [2.75, 3.05) is 6.61 Å². The van der Waals surface area contributed by atoms with Crippen LogP contribution in [0.15, 0.2) is 24.3 Å². The third-order valence-corrected chi connectivity index (χ3v) is 2.47. The number of esters is 1. The maximum atomic E-state index is 12.1. The van der Waals surface area contributed by atoms with Crippen molar-refractivity contribution in [3.63, 3.8) is 0 Å². The summed E-state index contributed by atoms with van der Waals surface area (Å²) < 4.78 is 45.1. The summed E-state index contributed by atoms with van der Waals surface area (Å²) in [6.07, 6.45) is -4.31. The fourth-order valence-corrected chi connectivity index (χ4v) is 1.71. The lowest BCUT2D eigenvalue weighted by Crippen LogP contribution is -2.18. The van der Waals surface area contributed by atoms with Gasteiger partial charge >= 0.3 is 12.3 Å². The second-order valence-corrected chi connectivity index (χ2v) is 3.83. The molecule has 0 spiro atoms. The highest BCUT2D eigenvalue weighted by Gasteiger charge is 2.31. The average Bonchev–Trinajstić information content (AvgIpc) is 2.28. The quantitative estimate of drug-likeness (QED) is 0.770. The molecule has 0 bridgehead atoms. The smallest absolute Gasteiger partial charge is 0.466 e. The molecule has 3 nitrogen and oxygen atoms in total. The van der Waals surface area contributed by atoms with Gasteiger partial charge in [-0.1, -0.05) is 19.1 Å². The van der Waals surface area contributed by atoms with Crippen LogP contribution in [0.2, 0.25) is 0 Å². The molecule has 1 aromatic rings. The first-order chi connectivity index (χ1) is 8.87. The largest absolute Gasteiger partial charge is 0.573 e. The van der Waals surface area contributed by atoms with E-state index in [1.165, 1.54) is 18.2 Å². The zero-order valence-electron chi connectivity index (χ0n) is 10.7. The molecule has 1 atom stereocenters. The summed E-state index contributed by atoms with van der Waals surface area (Å²) in [5.41, 5.74) is 0.447. The Morgan fingerprint density at radius 2 is 2.00 bits per heavy atom. The van der Waals surface area contributed by atoms with Crippen LogP contribution in [0.3, 0.4) is 0 Å². The van der Waals surface area contributed by atoms with E-state index < -0.39 is 18.2 Å². The van der Waals surface area contributed by atoms with Crippen molar-refractivity contribution in [3.05, 3.63) is 29.8 Å². The van der Waals surface area contributed by atoms with Crippen LogP contribution in [0.5, 0.6) is 5.75 Å². The van der Waals surface area contributed by atoms with E-state index in [2.05, 4.69) is 4.74 Å². The molecule has 0 fully saturated rings. The fourth-order valence-electron chi connectivity index (χ4n) is 1.71. The predicted molar refractivity (Wildman–Crippen MR) is 62.8 cm³/mol. The van der Waals surface area contributed by atoms with E-state index in [-0.39, 0.29) is 12.4 Å². The number of hydrogen-bond acceptors (Lipinski definition) is 3. The van der Waals surface area contributed by atoms with E-state index in [4.69, 9.17) is 4.74 Å². The Balaban J connectivity index is 2.93. The van der Waals surface area contributed by atoms with Crippen molar-refractivity contribution in [1.29, 1.82) is 0 Å². The Hall–Kier alpha value is -1.72. The molecule has 0 aliphatic carbocycles. The first-order valence-electron chi connectivity index (χ1n) is 5.89. The topological polar surface area (TPSA) is 35.5 Å². The van der Waals surface area contributed by atoms with Crippen LogP contribution in [-0.2, 0) is 9.53 Å². The monoisotopic (exact) mass is 276 g/mol. The second kappa shape index (κ2) is 6.45. The molecule has 0 radical (unpaired) electrons. The zero-order valence-corrected chi connectivity index (χ0v) is 10.7. The normalized spacial score (nSPS) is 12.9. The molecule has 6 heteroatoms. The fraction of sp³-hybridized carbons (Fsp3) is 0.462. The van der Waals surface area contributed by atoms with Gasteiger partial charge in [0.25, 0.3) is 0 Å². The molecule has 1 aromatic carbocycles. The molecular weight excluding hydrogens is 261 g/mol. The summed E-state index contributed by atoms with van der Waals surface area (Å²) in [4.78, 5) is 11.7. The average molecular weight is 276 g/mol. The van der Waals surface area contributed by atoms with Gasteiger partial charge in [-0.2, -0.15) is 0 Å². The van der Waals surface area contributed by atoms with E-state index in [1.54, 1.807) is 19.9 Å². The van der Waals surface area contributed by atoms with E-state index in [0.717, 1.165) is 0 Å². The maximum absolute atomic E-state index is 12.1. The van der Waals surface area contributed by atoms with Gasteiger partial charge in [-0.25, -0.2) is 0 Å². The molecule has 106 valence electrons. The van der Waals surface area contributed by atoms with E-state index in [1.807, 2.05) is 0 Å². The van der Waals surface area contributed by atoms with Crippen LogP contribution in [0.25, 0.3) is 0 Å². The SMILES string of the molecule is CCOC(=O)C(CC)c1cccc(OC(F)(F)F)c1. The van der Waals surface area contributed by atoms with Crippen molar-refractivity contribution in [2.24, 2.45) is 0 Å². The van der Waals surface area contributed by atoms with Gasteiger partial charge in [-0.3, -0.25) is 4.79 Å². The van der Waals surface area contributed by atoms with Gasteiger partial charge in [0.2, 0.25) is 0 Å². The number of rotatable bonds is 5. The zero-order chi connectivity index (χ0) is 14.5. The minimum absolute atomic E-state index is 0.230. The molecule has 0 aromatic heterocycles. The van der Waals surface area contributed by atoms with Crippen LogP contribution in [0.1, 0.15) is 31.7 Å². The highest BCUT2D eigenvalue weighted by atomic mass is 19.4. The van der Waals surface area contributed by atoms with Crippen molar-refractivity contribution < 1.29 is 27.4 Å². The number of carbonyl (C=O) groups is 1. The Morgan fingerprint density at radius 3 is 2.53 bits per heavy atom. The van der Waals surface area contributed by atoms with Crippen LogP contribution in [0.4, 0.5) is 13.2 Å². The third kappa shape index (κ3) is 4.81. The molecule has 1 unspecified atom stereocenters. The first-order valence-corrected chi connectivity index (χ1v) is 5.89. The Morgan fingerprint density at radius 1 is 1.32 bits per heavy atom. The van der Waals surface area contributed by atoms with Gasteiger partial charge in [0, 0.05) is 0 Å². The standard InChI is InChI=1S/C13H15F3O3/c1-3-11(12(17)18-4-2)9-6-5-7-10(8-9)19-13(14,15)16/h5-8,11H,3-4H2,1-2H3. The minimum Gasteiger partial charge on any atom is -0.466 e. The molecule has 0 saturated carbocycles. The minimum atomic E-state index is -4.75. The molecule has 0 aliphatic heterocycles. The van der Waals surface area contributed by atoms with Gasteiger partial charge in [-0.05, 0) is 31.0 Å². The van der Waals surface area contributed by atoms with Crippen LogP contribution < -0.4 is 4.74 Å². The van der Waals surface area contributed by atoms with Crippen LogP contribution in [0, 0.1) is 0 Å². The molecule has 0 aliphatic rings. The van der Waals surface area contributed by atoms with E-state index >= 15 is 0 Å². The molecule has 0 amide bonds. The van der Waals surface area contributed by atoms with Crippen molar-refractivity contribution in [3.8, 4) is 5.75 Å². The van der Waals surface area contributed by atoms with Crippen molar-refractivity contribution in [1.82, 2.24) is 0 Å². The van der Waals surface area contributed by atoms with Crippen molar-refractivity contribution >= 4 is 5.97 Å². The summed E-state index contributed by atoms with van der Waals surface area (Å²) in [7, 11) is 0. The molecule has 0 saturated heterocycles. The molecule has 0 N–H and O–H groups in total. The summed E-state index contributed by atoms with van der Waals surface area (Å²) in [6, 6.07) is 5.39. The third-order valence-electron chi connectivity index (χ3n) is 2.47. The summed E-state index contributed by atoms with van der Waals surface area (Å²) in [5, 5.41) is 0. The van der Waals surface area contributed by atoms with Gasteiger partial charge in [0.15, 0.2) is 0 Å². The second-order valence-electron chi connectivity index (χ2n) is 3.83. The Bertz CT molecular complexity index is 429. The molecule has 1 rings (SSSR count). The van der Waals surface area contributed by atoms with Gasteiger partial charge in [-0.15, -0.1) is 13.2 Å². The first kappa shape index (κ1) is 15.3. The number of benzene rings is 1. The highest BCUT2D eigenvalue weighted by molar-refractivity contribution is 5.78. The van der Waals surface area contributed by atoms with Gasteiger partial charge in [0.1, 0.15) is 5.75 Å². The summed E-state index contributed by atoms with van der Waals surface area (Å²) >= 11 is 0. The number of alkyl halides is 3. The molecular formula is C13H15F3O3. The van der Waals surface area contributed by atoms with E-state index in [0.29, 0.717) is 12.0 Å². The van der Waals surface area contributed by atoms with Gasteiger partial charge in [0.05, 0.1) is 12.5 Å². The predicted octanol–water partition coefficient (Wildman–Crippen LogP) is 3.64. The lowest BCUT2D eigenvalue weighted by atomic mass is 9.96. The number of halogens is 3. The summed E-state index contributed by atoms with van der Waals surface area (Å²) in [6.45, 7) is 3.67. The molecule has 0 heterocycles. The van der Waals surface area contributed by atoms with E-state index in [9.17, 15) is 18.0 Å². The van der Waals surface area contributed by atoms with Crippen LogP contribution in [-0.4, -0.2) is 18.9 Å². The molecule has 19 heavy (non-hydrogen) atoms. The maximum Gasteiger partial charge on any atom is 0.573 e. The number of ether oxygens (including phenoxy) is 2. The lowest BCUT2D eigenvalue weighted by molar-refractivity contribution is -0.274.